The van der Waals surface area contributed by atoms with Crippen molar-refractivity contribution >= 4 is 17.7 Å². The van der Waals surface area contributed by atoms with Gasteiger partial charge in [0.1, 0.15) is 0 Å². The Morgan fingerprint density at radius 2 is 1.95 bits per heavy atom. The van der Waals surface area contributed by atoms with E-state index in [2.05, 4.69) is 0 Å². The van der Waals surface area contributed by atoms with Crippen molar-refractivity contribution in [2.45, 2.75) is 6.92 Å². The molecule has 1 aliphatic rings. The fraction of sp³-hybridized carbons (Fsp3) is 0.167. The number of amides is 1. The molecule has 1 heterocycles. The van der Waals surface area contributed by atoms with Crippen LogP contribution in [0, 0.1) is 6.92 Å². The molecule has 3 rings (SSSR count). The van der Waals surface area contributed by atoms with Crippen molar-refractivity contribution in [1.29, 1.82) is 0 Å². The van der Waals surface area contributed by atoms with E-state index in [1.54, 1.807) is 24.1 Å². The van der Waals surface area contributed by atoms with E-state index in [9.17, 15) is 4.79 Å². The number of ether oxygens (including phenoxy) is 2. The van der Waals surface area contributed by atoms with Crippen LogP contribution in [0.1, 0.15) is 11.1 Å². The van der Waals surface area contributed by atoms with Gasteiger partial charge >= 0.3 is 0 Å². The zero-order valence-electron chi connectivity index (χ0n) is 12.6. The number of anilines is 1. The number of hydrogen-bond donors (Lipinski definition) is 0. The first kappa shape index (κ1) is 14.2. The molecule has 1 amide bonds. The highest BCUT2D eigenvalue weighted by Gasteiger charge is 2.12. The first-order valence-corrected chi connectivity index (χ1v) is 7.05. The third kappa shape index (κ3) is 2.96. The summed E-state index contributed by atoms with van der Waals surface area (Å²) in [6.45, 7) is 2.25. The molecule has 2 aromatic rings. The molecule has 0 radical (unpaired) electrons. The van der Waals surface area contributed by atoms with Gasteiger partial charge in [0.15, 0.2) is 11.5 Å². The van der Waals surface area contributed by atoms with E-state index >= 15 is 0 Å². The molecule has 4 heteroatoms. The van der Waals surface area contributed by atoms with E-state index in [-0.39, 0.29) is 12.7 Å². The Morgan fingerprint density at radius 1 is 1.14 bits per heavy atom. The van der Waals surface area contributed by atoms with Crippen LogP contribution in [0.15, 0.2) is 48.5 Å². The summed E-state index contributed by atoms with van der Waals surface area (Å²) in [5.74, 6) is 1.37. The monoisotopic (exact) mass is 295 g/mol. The van der Waals surface area contributed by atoms with Gasteiger partial charge in [-0.15, -0.1) is 0 Å². The average molecular weight is 295 g/mol. The summed E-state index contributed by atoms with van der Waals surface area (Å²) < 4.78 is 10.6. The molecule has 0 spiro atoms. The molecule has 2 aromatic carbocycles. The first-order chi connectivity index (χ1) is 10.6. The van der Waals surface area contributed by atoms with Gasteiger partial charge in [-0.2, -0.15) is 0 Å². The van der Waals surface area contributed by atoms with Gasteiger partial charge in [-0.1, -0.05) is 18.2 Å². The molecule has 0 unspecified atom stereocenters. The second-order valence-electron chi connectivity index (χ2n) is 5.18. The van der Waals surface area contributed by atoms with Crippen LogP contribution < -0.4 is 14.4 Å². The minimum atomic E-state index is -0.0803. The Hall–Kier alpha value is -2.75. The van der Waals surface area contributed by atoms with Crippen molar-refractivity contribution in [3.63, 3.8) is 0 Å². The van der Waals surface area contributed by atoms with Crippen molar-refractivity contribution in [1.82, 2.24) is 0 Å². The van der Waals surface area contributed by atoms with Crippen LogP contribution in [0.5, 0.6) is 11.5 Å². The Labute approximate surface area is 129 Å². The molecular formula is C18H17NO3. The number of benzene rings is 2. The number of carbonyl (C=O) groups excluding carboxylic acids is 1. The van der Waals surface area contributed by atoms with Gasteiger partial charge in [0.25, 0.3) is 5.91 Å². The lowest BCUT2D eigenvalue weighted by atomic mass is 10.2. The van der Waals surface area contributed by atoms with Gasteiger partial charge in [-0.25, -0.2) is 0 Å². The normalized spacial score (nSPS) is 12.6. The topological polar surface area (TPSA) is 38.8 Å². The van der Waals surface area contributed by atoms with Crippen molar-refractivity contribution in [2.75, 3.05) is 18.7 Å². The number of aryl methyl sites for hydroxylation is 1. The van der Waals surface area contributed by atoms with Crippen molar-refractivity contribution in [3.05, 3.63) is 59.7 Å². The molecule has 1 aliphatic heterocycles. The molecule has 0 saturated carbocycles. The third-order valence-corrected chi connectivity index (χ3v) is 3.53. The van der Waals surface area contributed by atoms with Gasteiger partial charge < -0.3 is 14.4 Å². The lowest BCUT2D eigenvalue weighted by molar-refractivity contribution is -0.113. The van der Waals surface area contributed by atoms with Crippen molar-refractivity contribution in [3.8, 4) is 11.5 Å². The molecule has 112 valence electrons. The first-order valence-electron chi connectivity index (χ1n) is 7.05. The standard InChI is InChI=1S/C18H17NO3/c1-13-4-3-5-15(10-13)19(2)18(20)9-7-14-6-8-16-17(11-14)22-12-21-16/h3-11H,12H2,1-2H3/b9-7+. The van der Waals surface area contributed by atoms with Crippen LogP contribution >= 0.6 is 0 Å². The summed E-state index contributed by atoms with van der Waals surface area (Å²) in [5, 5.41) is 0. The van der Waals surface area contributed by atoms with E-state index in [1.165, 1.54) is 0 Å². The molecule has 0 fully saturated rings. The van der Waals surface area contributed by atoms with Gasteiger partial charge in [-0.3, -0.25) is 4.79 Å². The maximum atomic E-state index is 12.2. The van der Waals surface area contributed by atoms with E-state index < -0.39 is 0 Å². The smallest absolute Gasteiger partial charge is 0.250 e. The van der Waals surface area contributed by atoms with E-state index in [4.69, 9.17) is 9.47 Å². The predicted molar refractivity (Wildman–Crippen MR) is 86.2 cm³/mol. The summed E-state index contributed by atoms with van der Waals surface area (Å²) in [7, 11) is 1.76. The van der Waals surface area contributed by atoms with Crippen LogP contribution in [-0.4, -0.2) is 19.7 Å². The lowest BCUT2D eigenvalue weighted by Gasteiger charge is -2.15. The van der Waals surface area contributed by atoms with Crippen LogP contribution in [-0.2, 0) is 4.79 Å². The number of hydrogen-bond acceptors (Lipinski definition) is 3. The highest BCUT2D eigenvalue weighted by molar-refractivity contribution is 6.03. The van der Waals surface area contributed by atoms with Crippen LogP contribution in [0.4, 0.5) is 5.69 Å². The average Bonchev–Trinajstić information content (AvgIpc) is 2.99. The zero-order chi connectivity index (χ0) is 15.5. The number of rotatable bonds is 3. The van der Waals surface area contributed by atoms with Crippen LogP contribution in [0.2, 0.25) is 0 Å². The quantitative estimate of drug-likeness (QED) is 0.815. The fourth-order valence-electron chi connectivity index (χ4n) is 2.26. The van der Waals surface area contributed by atoms with Gasteiger partial charge in [-0.05, 0) is 48.4 Å². The van der Waals surface area contributed by atoms with E-state index in [0.717, 1.165) is 22.6 Å². The second-order valence-corrected chi connectivity index (χ2v) is 5.18. The Balaban J connectivity index is 1.73. The lowest BCUT2D eigenvalue weighted by Crippen LogP contribution is -2.23. The maximum Gasteiger partial charge on any atom is 0.250 e. The zero-order valence-corrected chi connectivity index (χ0v) is 12.6. The van der Waals surface area contributed by atoms with Crippen LogP contribution in [0.3, 0.4) is 0 Å². The Morgan fingerprint density at radius 3 is 2.77 bits per heavy atom. The van der Waals surface area contributed by atoms with E-state index in [1.807, 2.05) is 49.4 Å². The van der Waals surface area contributed by atoms with Crippen molar-refractivity contribution in [2.24, 2.45) is 0 Å². The van der Waals surface area contributed by atoms with E-state index in [0.29, 0.717) is 5.75 Å². The minimum absolute atomic E-state index is 0.0803. The summed E-state index contributed by atoms with van der Waals surface area (Å²) in [5.41, 5.74) is 2.90. The molecule has 0 saturated heterocycles. The fourth-order valence-corrected chi connectivity index (χ4v) is 2.26. The largest absolute Gasteiger partial charge is 0.454 e. The number of fused-ring (bicyclic) bond motifs is 1. The molecule has 0 N–H and O–H groups in total. The SMILES string of the molecule is Cc1cccc(N(C)C(=O)/C=C/c2ccc3c(c2)OCO3)c1. The van der Waals surface area contributed by atoms with Gasteiger partial charge in [0.2, 0.25) is 6.79 Å². The summed E-state index contributed by atoms with van der Waals surface area (Å²) in [4.78, 5) is 13.9. The van der Waals surface area contributed by atoms with Crippen LogP contribution in [0.25, 0.3) is 6.08 Å². The number of likely N-dealkylation sites (N-methyl/N-ethyl adjacent to an activating group) is 1. The molecule has 0 aromatic heterocycles. The highest BCUT2D eigenvalue weighted by Crippen LogP contribution is 2.32. The number of carbonyl (C=O) groups is 1. The molecular weight excluding hydrogens is 278 g/mol. The predicted octanol–water partition coefficient (Wildman–Crippen LogP) is 3.40. The van der Waals surface area contributed by atoms with Crippen molar-refractivity contribution < 1.29 is 14.3 Å². The van der Waals surface area contributed by atoms with Gasteiger partial charge in [0.05, 0.1) is 0 Å². The summed E-state index contributed by atoms with van der Waals surface area (Å²) >= 11 is 0. The molecule has 0 atom stereocenters. The molecule has 0 bridgehead atoms. The van der Waals surface area contributed by atoms with Gasteiger partial charge in [0, 0.05) is 18.8 Å². The molecule has 4 nitrogen and oxygen atoms in total. The Kier molecular flexibility index (Phi) is 3.83. The Bertz CT molecular complexity index is 737. The highest BCUT2D eigenvalue weighted by atomic mass is 16.7. The molecule has 0 aliphatic carbocycles. The second kappa shape index (κ2) is 5.93. The summed E-state index contributed by atoms with van der Waals surface area (Å²) in [6, 6.07) is 13.4. The third-order valence-electron chi connectivity index (χ3n) is 3.53. The maximum absolute atomic E-state index is 12.2. The summed E-state index contributed by atoms with van der Waals surface area (Å²) in [6.07, 6.45) is 3.33. The number of nitrogens with zero attached hydrogens (tertiary/aromatic N) is 1. The minimum Gasteiger partial charge on any atom is -0.454 e. The molecule has 22 heavy (non-hydrogen) atoms.